The summed E-state index contributed by atoms with van der Waals surface area (Å²) in [7, 11) is 0. The van der Waals surface area contributed by atoms with Crippen LogP contribution in [0.5, 0.6) is 0 Å². The number of carbonyl (C=O) groups is 1. The van der Waals surface area contributed by atoms with E-state index in [1.165, 1.54) is 0 Å². The predicted molar refractivity (Wildman–Crippen MR) is 50.8 cm³/mol. The van der Waals surface area contributed by atoms with Crippen LogP contribution in [0.1, 0.15) is 13.3 Å². The van der Waals surface area contributed by atoms with Crippen LogP contribution in [0.2, 0.25) is 0 Å². The van der Waals surface area contributed by atoms with E-state index in [9.17, 15) is 4.79 Å². The number of fused-ring (bicyclic) bond motifs is 1. The van der Waals surface area contributed by atoms with Gasteiger partial charge in [0, 0.05) is 12.0 Å². The van der Waals surface area contributed by atoms with Gasteiger partial charge in [0.25, 0.3) is 0 Å². The molecule has 1 unspecified atom stereocenters. The molecule has 0 aliphatic carbocycles. The Morgan fingerprint density at radius 2 is 2.43 bits per heavy atom. The molecule has 4 nitrogen and oxygen atoms in total. The predicted octanol–water partition coefficient (Wildman–Crippen LogP) is 0.174. The van der Waals surface area contributed by atoms with Crippen molar-refractivity contribution >= 4 is 5.97 Å². The van der Waals surface area contributed by atoms with Crippen molar-refractivity contribution < 1.29 is 14.3 Å². The number of ether oxygens (including phenoxy) is 2. The molecular formula is C10H17NO3. The Morgan fingerprint density at radius 3 is 3.21 bits per heavy atom. The Bertz CT molecular complexity index is 219. The Morgan fingerprint density at radius 1 is 1.57 bits per heavy atom. The van der Waals surface area contributed by atoms with Crippen LogP contribution in [0.3, 0.4) is 0 Å². The highest BCUT2D eigenvalue weighted by molar-refractivity contribution is 5.73. The molecule has 4 heteroatoms. The van der Waals surface area contributed by atoms with Gasteiger partial charge in [0.2, 0.25) is 0 Å². The minimum Gasteiger partial charge on any atom is -0.466 e. The first-order valence-electron chi connectivity index (χ1n) is 5.30. The highest BCUT2D eigenvalue weighted by Gasteiger charge is 2.41. The van der Waals surface area contributed by atoms with Gasteiger partial charge in [-0.2, -0.15) is 0 Å². The van der Waals surface area contributed by atoms with E-state index in [0.717, 1.165) is 19.6 Å². The molecule has 0 saturated carbocycles. The van der Waals surface area contributed by atoms with Crippen molar-refractivity contribution in [2.45, 2.75) is 19.4 Å². The zero-order valence-electron chi connectivity index (χ0n) is 8.49. The highest BCUT2D eigenvalue weighted by Crippen LogP contribution is 2.29. The molecule has 3 atom stereocenters. The lowest BCUT2D eigenvalue weighted by atomic mass is 9.83. The summed E-state index contributed by atoms with van der Waals surface area (Å²) in [5.74, 6) is 0.320. The third-order valence-electron chi connectivity index (χ3n) is 3.09. The van der Waals surface area contributed by atoms with E-state index in [1.807, 2.05) is 6.92 Å². The SMILES string of the molecule is CCOC(=O)C1CCN[C@@H]2COC[C@@H]12. The van der Waals surface area contributed by atoms with E-state index in [2.05, 4.69) is 5.32 Å². The van der Waals surface area contributed by atoms with Crippen LogP contribution < -0.4 is 5.32 Å². The molecule has 2 aliphatic rings. The summed E-state index contributed by atoms with van der Waals surface area (Å²) in [5.41, 5.74) is 0. The van der Waals surface area contributed by atoms with Gasteiger partial charge in [0.15, 0.2) is 0 Å². The monoisotopic (exact) mass is 199 g/mol. The van der Waals surface area contributed by atoms with Crippen LogP contribution in [-0.4, -0.2) is 38.4 Å². The molecule has 80 valence electrons. The second-order valence-electron chi connectivity index (χ2n) is 3.91. The maximum Gasteiger partial charge on any atom is 0.309 e. The molecule has 0 aromatic heterocycles. The standard InChI is InChI=1S/C10H17NO3/c1-2-14-10(12)7-3-4-11-9-6-13-5-8(7)9/h7-9,11H,2-6H2,1H3/t7?,8-,9+/m0/s1. The van der Waals surface area contributed by atoms with Crippen LogP contribution >= 0.6 is 0 Å². The molecule has 0 spiro atoms. The van der Waals surface area contributed by atoms with Crippen molar-refractivity contribution in [3.63, 3.8) is 0 Å². The number of hydrogen-bond donors (Lipinski definition) is 1. The van der Waals surface area contributed by atoms with E-state index in [-0.39, 0.29) is 11.9 Å². The van der Waals surface area contributed by atoms with Gasteiger partial charge >= 0.3 is 5.97 Å². The highest BCUT2D eigenvalue weighted by atomic mass is 16.5. The van der Waals surface area contributed by atoms with Crippen LogP contribution in [0.15, 0.2) is 0 Å². The van der Waals surface area contributed by atoms with Gasteiger partial charge in [0.05, 0.1) is 25.7 Å². The van der Waals surface area contributed by atoms with Crippen LogP contribution in [0.25, 0.3) is 0 Å². The van der Waals surface area contributed by atoms with Crippen molar-refractivity contribution in [3.8, 4) is 0 Å². The van der Waals surface area contributed by atoms with Gasteiger partial charge in [-0.25, -0.2) is 0 Å². The minimum atomic E-state index is -0.0468. The van der Waals surface area contributed by atoms with Gasteiger partial charge in [-0.3, -0.25) is 4.79 Å². The summed E-state index contributed by atoms with van der Waals surface area (Å²) in [4.78, 5) is 11.6. The molecule has 1 N–H and O–H groups in total. The Labute approximate surface area is 84.0 Å². The molecule has 0 amide bonds. The van der Waals surface area contributed by atoms with Crippen molar-refractivity contribution in [1.29, 1.82) is 0 Å². The number of esters is 1. The van der Waals surface area contributed by atoms with Gasteiger partial charge in [-0.1, -0.05) is 0 Å². The largest absolute Gasteiger partial charge is 0.466 e. The molecule has 2 fully saturated rings. The van der Waals surface area contributed by atoms with Crippen molar-refractivity contribution in [2.75, 3.05) is 26.4 Å². The third-order valence-corrected chi connectivity index (χ3v) is 3.09. The lowest BCUT2D eigenvalue weighted by molar-refractivity contribution is -0.151. The molecule has 2 aliphatic heterocycles. The number of carbonyl (C=O) groups excluding carboxylic acids is 1. The average molecular weight is 199 g/mol. The first-order chi connectivity index (χ1) is 6.83. The lowest BCUT2D eigenvalue weighted by Gasteiger charge is -2.31. The first kappa shape index (κ1) is 9.93. The quantitative estimate of drug-likeness (QED) is 0.644. The fourth-order valence-electron chi connectivity index (χ4n) is 2.36. The molecular weight excluding hydrogens is 182 g/mol. The summed E-state index contributed by atoms with van der Waals surface area (Å²) in [5, 5.41) is 3.38. The second kappa shape index (κ2) is 4.28. The van der Waals surface area contributed by atoms with Crippen molar-refractivity contribution in [2.24, 2.45) is 11.8 Å². The normalized spacial score (nSPS) is 36.5. The van der Waals surface area contributed by atoms with E-state index in [4.69, 9.17) is 9.47 Å². The molecule has 2 rings (SSSR count). The number of rotatable bonds is 2. The molecule has 0 bridgehead atoms. The zero-order valence-corrected chi connectivity index (χ0v) is 8.49. The second-order valence-corrected chi connectivity index (χ2v) is 3.91. The summed E-state index contributed by atoms with van der Waals surface area (Å²) >= 11 is 0. The van der Waals surface area contributed by atoms with Crippen LogP contribution in [0, 0.1) is 11.8 Å². The van der Waals surface area contributed by atoms with Crippen molar-refractivity contribution in [1.82, 2.24) is 5.32 Å². The van der Waals surface area contributed by atoms with E-state index >= 15 is 0 Å². The number of piperidine rings is 1. The van der Waals surface area contributed by atoms with Gasteiger partial charge in [0.1, 0.15) is 0 Å². The van der Waals surface area contributed by atoms with E-state index in [1.54, 1.807) is 0 Å². The Kier molecular flexibility index (Phi) is 3.03. The van der Waals surface area contributed by atoms with E-state index < -0.39 is 0 Å². The maximum absolute atomic E-state index is 11.6. The zero-order chi connectivity index (χ0) is 9.97. The van der Waals surface area contributed by atoms with Gasteiger partial charge < -0.3 is 14.8 Å². The maximum atomic E-state index is 11.6. The topological polar surface area (TPSA) is 47.6 Å². The Hall–Kier alpha value is -0.610. The third kappa shape index (κ3) is 1.77. The molecule has 2 saturated heterocycles. The van der Waals surface area contributed by atoms with E-state index in [0.29, 0.717) is 25.2 Å². The molecule has 0 aromatic carbocycles. The molecule has 0 radical (unpaired) electrons. The first-order valence-corrected chi connectivity index (χ1v) is 5.30. The molecule has 0 aromatic rings. The Balaban J connectivity index is 1.99. The summed E-state index contributed by atoms with van der Waals surface area (Å²) in [6, 6.07) is 0.359. The van der Waals surface area contributed by atoms with Crippen LogP contribution in [-0.2, 0) is 14.3 Å². The summed E-state index contributed by atoms with van der Waals surface area (Å²) in [6.45, 7) is 4.65. The van der Waals surface area contributed by atoms with Gasteiger partial charge in [-0.15, -0.1) is 0 Å². The van der Waals surface area contributed by atoms with Crippen molar-refractivity contribution in [3.05, 3.63) is 0 Å². The average Bonchev–Trinajstić information content (AvgIpc) is 2.65. The lowest BCUT2D eigenvalue weighted by Crippen LogP contribution is -2.48. The summed E-state index contributed by atoms with van der Waals surface area (Å²) in [6.07, 6.45) is 0.878. The number of nitrogens with one attached hydrogen (secondary N) is 1. The fourth-order valence-corrected chi connectivity index (χ4v) is 2.36. The van der Waals surface area contributed by atoms with Gasteiger partial charge in [-0.05, 0) is 19.9 Å². The minimum absolute atomic E-state index is 0.0451. The molecule has 14 heavy (non-hydrogen) atoms. The smallest absolute Gasteiger partial charge is 0.309 e. The van der Waals surface area contributed by atoms with Crippen LogP contribution in [0.4, 0.5) is 0 Å². The molecule has 2 heterocycles. The fraction of sp³-hybridized carbons (Fsp3) is 0.900. The summed E-state index contributed by atoms with van der Waals surface area (Å²) < 4.78 is 10.4. The number of hydrogen-bond acceptors (Lipinski definition) is 4.